The molecule has 0 amide bonds. The number of hydrogen-bond donors (Lipinski definition) is 3. The average Bonchev–Trinajstić information content (AvgIpc) is 2.49. The Balaban J connectivity index is 2.12. The standard InChI is InChI=1S/C16H14O5/c1-8-10(17)7-11-12(13(8)18)14(19)15(20)16(21-11)9-5-3-2-4-6-9/h2-7,15-18,20H,1H3/t15-,16+/m1/s1. The lowest BCUT2D eigenvalue weighted by Gasteiger charge is -2.30. The van der Waals surface area contributed by atoms with E-state index < -0.39 is 18.0 Å². The maximum atomic E-state index is 12.3. The molecule has 5 heteroatoms. The number of fused-ring (bicyclic) bond motifs is 1. The zero-order valence-corrected chi connectivity index (χ0v) is 11.3. The molecule has 0 saturated carbocycles. The number of aliphatic hydroxyl groups excluding tert-OH is 1. The van der Waals surface area contributed by atoms with E-state index in [0.29, 0.717) is 5.56 Å². The predicted octanol–water partition coefficient (Wildman–Crippen LogP) is 2.08. The van der Waals surface area contributed by atoms with Crippen molar-refractivity contribution in [3.8, 4) is 17.2 Å². The van der Waals surface area contributed by atoms with Crippen LogP contribution < -0.4 is 4.74 Å². The molecule has 108 valence electrons. The summed E-state index contributed by atoms with van der Waals surface area (Å²) in [7, 11) is 0. The van der Waals surface area contributed by atoms with E-state index in [2.05, 4.69) is 0 Å². The first-order valence-corrected chi connectivity index (χ1v) is 6.50. The molecule has 0 aliphatic carbocycles. The fourth-order valence-electron chi connectivity index (χ4n) is 2.44. The van der Waals surface area contributed by atoms with Crippen molar-refractivity contribution in [2.75, 3.05) is 0 Å². The van der Waals surface area contributed by atoms with Crippen LogP contribution in [-0.4, -0.2) is 27.2 Å². The number of hydrogen-bond acceptors (Lipinski definition) is 5. The van der Waals surface area contributed by atoms with Crippen molar-refractivity contribution in [1.29, 1.82) is 0 Å². The van der Waals surface area contributed by atoms with Crippen LogP contribution in [0, 0.1) is 6.92 Å². The van der Waals surface area contributed by atoms with Gasteiger partial charge >= 0.3 is 0 Å². The molecule has 0 radical (unpaired) electrons. The zero-order valence-electron chi connectivity index (χ0n) is 11.3. The molecule has 0 bridgehead atoms. The van der Waals surface area contributed by atoms with Crippen LogP contribution >= 0.6 is 0 Å². The largest absolute Gasteiger partial charge is 0.507 e. The summed E-state index contributed by atoms with van der Waals surface area (Å²) in [5.41, 5.74) is 0.726. The highest BCUT2D eigenvalue weighted by Gasteiger charge is 2.39. The number of aliphatic hydroxyl groups is 1. The highest BCUT2D eigenvalue weighted by atomic mass is 16.5. The topological polar surface area (TPSA) is 87.0 Å². The molecule has 21 heavy (non-hydrogen) atoms. The number of ketones is 1. The number of phenols is 2. The van der Waals surface area contributed by atoms with Gasteiger partial charge in [0.15, 0.2) is 12.2 Å². The second-order valence-electron chi connectivity index (χ2n) is 5.00. The van der Waals surface area contributed by atoms with Gasteiger partial charge in [0, 0.05) is 11.6 Å². The average molecular weight is 286 g/mol. The number of carbonyl (C=O) groups excluding carboxylic acids is 1. The molecule has 1 aliphatic rings. The maximum absolute atomic E-state index is 12.3. The first kappa shape index (κ1) is 13.5. The van der Waals surface area contributed by atoms with Crippen LogP contribution in [-0.2, 0) is 0 Å². The first-order valence-electron chi connectivity index (χ1n) is 6.50. The lowest BCUT2D eigenvalue weighted by molar-refractivity contribution is 0.0210. The van der Waals surface area contributed by atoms with E-state index in [1.165, 1.54) is 13.0 Å². The highest BCUT2D eigenvalue weighted by molar-refractivity contribution is 6.06. The molecular weight excluding hydrogens is 272 g/mol. The third-order valence-corrected chi connectivity index (χ3v) is 3.67. The molecule has 2 atom stereocenters. The van der Waals surface area contributed by atoms with Crippen LogP contribution in [0.4, 0.5) is 0 Å². The van der Waals surface area contributed by atoms with Gasteiger partial charge in [0.25, 0.3) is 0 Å². The quantitative estimate of drug-likeness (QED) is 0.747. The molecule has 0 aromatic heterocycles. The van der Waals surface area contributed by atoms with Crippen LogP contribution in [0.25, 0.3) is 0 Å². The Morgan fingerprint density at radius 2 is 1.81 bits per heavy atom. The van der Waals surface area contributed by atoms with Crippen molar-refractivity contribution in [3.05, 3.63) is 53.1 Å². The van der Waals surface area contributed by atoms with Crippen LogP contribution in [0.15, 0.2) is 36.4 Å². The summed E-state index contributed by atoms with van der Waals surface area (Å²) in [6.07, 6.45) is -2.28. The highest BCUT2D eigenvalue weighted by Crippen LogP contribution is 2.44. The minimum absolute atomic E-state index is 0.0692. The minimum Gasteiger partial charge on any atom is -0.507 e. The number of Topliss-reactive ketones (excluding diaryl/α,β-unsaturated/α-hetero) is 1. The van der Waals surface area contributed by atoms with Gasteiger partial charge in [0.05, 0.1) is 0 Å². The summed E-state index contributed by atoms with van der Waals surface area (Å²) in [6.45, 7) is 1.48. The number of benzene rings is 2. The Hall–Kier alpha value is -2.53. The monoisotopic (exact) mass is 286 g/mol. The smallest absolute Gasteiger partial charge is 0.202 e. The van der Waals surface area contributed by atoms with Gasteiger partial charge in [-0.15, -0.1) is 0 Å². The molecule has 0 saturated heterocycles. The number of ether oxygens (including phenoxy) is 1. The summed E-state index contributed by atoms with van der Waals surface area (Å²) in [5, 5.41) is 29.9. The van der Waals surface area contributed by atoms with Gasteiger partial charge in [-0.2, -0.15) is 0 Å². The number of carbonyl (C=O) groups is 1. The number of phenolic OH excluding ortho intramolecular Hbond substituents is 2. The first-order chi connectivity index (χ1) is 10.0. The normalized spacial score (nSPS) is 20.8. The van der Waals surface area contributed by atoms with E-state index in [1.807, 2.05) is 6.07 Å². The van der Waals surface area contributed by atoms with Gasteiger partial charge < -0.3 is 20.1 Å². The minimum atomic E-state index is -1.41. The van der Waals surface area contributed by atoms with Gasteiger partial charge in [-0.1, -0.05) is 30.3 Å². The second kappa shape index (κ2) is 4.79. The summed E-state index contributed by atoms with van der Waals surface area (Å²) in [6, 6.07) is 10.1. The van der Waals surface area contributed by atoms with Crippen molar-refractivity contribution in [3.63, 3.8) is 0 Å². The van der Waals surface area contributed by atoms with E-state index in [0.717, 1.165) is 0 Å². The van der Waals surface area contributed by atoms with Crippen molar-refractivity contribution in [1.82, 2.24) is 0 Å². The van der Waals surface area contributed by atoms with Gasteiger partial charge in [0.2, 0.25) is 5.78 Å². The van der Waals surface area contributed by atoms with E-state index in [9.17, 15) is 20.1 Å². The molecule has 3 rings (SSSR count). The molecule has 0 spiro atoms. The summed E-state index contributed by atoms with van der Waals surface area (Å²) in [4.78, 5) is 12.3. The van der Waals surface area contributed by atoms with E-state index in [4.69, 9.17) is 4.74 Å². The fourth-order valence-corrected chi connectivity index (χ4v) is 2.44. The van der Waals surface area contributed by atoms with Crippen LogP contribution in [0.2, 0.25) is 0 Å². The van der Waals surface area contributed by atoms with E-state index in [1.54, 1.807) is 24.3 Å². The molecule has 3 N–H and O–H groups in total. The van der Waals surface area contributed by atoms with Crippen LogP contribution in [0.5, 0.6) is 17.2 Å². The van der Waals surface area contributed by atoms with Gasteiger partial charge in [-0.05, 0) is 12.5 Å². The molecular formula is C16H14O5. The van der Waals surface area contributed by atoms with Crippen molar-refractivity contribution in [2.45, 2.75) is 19.1 Å². The molecule has 1 heterocycles. The van der Waals surface area contributed by atoms with Crippen molar-refractivity contribution in [2.24, 2.45) is 0 Å². The summed E-state index contributed by atoms with van der Waals surface area (Å²) < 4.78 is 5.63. The van der Waals surface area contributed by atoms with E-state index >= 15 is 0 Å². The predicted molar refractivity (Wildman–Crippen MR) is 74.7 cm³/mol. The molecule has 2 aromatic rings. The van der Waals surface area contributed by atoms with E-state index in [-0.39, 0.29) is 28.4 Å². The molecule has 0 fully saturated rings. The fraction of sp³-hybridized carbons (Fsp3) is 0.188. The molecule has 2 aromatic carbocycles. The van der Waals surface area contributed by atoms with Crippen molar-refractivity contribution < 1.29 is 24.9 Å². The Kier molecular flexibility index (Phi) is 3.07. The SMILES string of the molecule is Cc1c(O)cc2c(c1O)C(=O)[C@@H](O)[C@H](c1ccccc1)O2. The Labute approximate surface area is 121 Å². The third kappa shape index (κ3) is 2.02. The second-order valence-corrected chi connectivity index (χ2v) is 5.00. The number of rotatable bonds is 1. The molecule has 1 aliphatic heterocycles. The van der Waals surface area contributed by atoms with Gasteiger partial charge in [-0.25, -0.2) is 0 Å². The van der Waals surface area contributed by atoms with Gasteiger partial charge in [0.1, 0.15) is 22.8 Å². The van der Waals surface area contributed by atoms with Gasteiger partial charge in [-0.3, -0.25) is 4.79 Å². The lowest BCUT2D eigenvalue weighted by atomic mass is 9.91. The lowest BCUT2D eigenvalue weighted by Crippen LogP contribution is -2.36. The Morgan fingerprint density at radius 3 is 2.48 bits per heavy atom. The third-order valence-electron chi connectivity index (χ3n) is 3.67. The summed E-state index contributed by atoms with van der Waals surface area (Å²) in [5.74, 6) is -1.08. The van der Waals surface area contributed by atoms with Crippen LogP contribution in [0.3, 0.4) is 0 Å². The Bertz CT molecular complexity index is 708. The van der Waals surface area contributed by atoms with Crippen LogP contribution in [0.1, 0.15) is 27.6 Å². The molecule has 5 nitrogen and oxygen atoms in total. The Morgan fingerprint density at radius 1 is 1.14 bits per heavy atom. The summed E-state index contributed by atoms with van der Waals surface area (Å²) >= 11 is 0. The number of aromatic hydroxyl groups is 2. The van der Waals surface area contributed by atoms with Crippen molar-refractivity contribution >= 4 is 5.78 Å². The maximum Gasteiger partial charge on any atom is 0.202 e. The molecule has 0 unspecified atom stereocenters. The zero-order chi connectivity index (χ0) is 15.1.